The average molecular weight is 256 g/mol. The number of rotatable bonds is 2. The smallest absolute Gasteiger partial charge is 0.184 e. The second-order valence-corrected chi connectivity index (χ2v) is 5.08. The summed E-state index contributed by atoms with van der Waals surface area (Å²) in [7, 11) is 0. The Balaban J connectivity index is 2.32. The second-order valence-electron chi connectivity index (χ2n) is 4.67. The van der Waals surface area contributed by atoms with Crippen molar-refractivity contribution < 1.29 is 9.18 Å². The SMILES string of the molecule is NC1(C(=O)c2cc(F)ccc2Cl)CCCCC1. The molecule has 0 radical (unpaired) electrons. The molecule has 92 valence electrons. The van der Waals surface area contributed by atoms with Crippen molar-refractivity contribution in [3.8, 4) is 0 Å². The lowest BCUT2D eigenvalue weighted by atomic mass is 9.77. The zero-order valence-corrected chi connectivity index (χ0v) is 10.3. The molecule has 2 nitrogen and oxygen atoms in total. The number of nitrogens with two attached hydrogens (primary N) is 1. The summed E-state index contributed by atoms with van der Waals surface area (Å²) < 4.78 is 13.1. The van der Waals surface area contributed by atoms with Crippen LogP contribution in [0.4, 0.5) is 4.39 Å². The molecule has 1 aliphatic rings. The molecule has 0 saturated heterocycles. The maximum absolute atomic E-state index is 13.1. The third-order valence-electron chi connectivity index (χ3n) is 3.37. The number of ketones is 1. The van der Waals surface area contributed by atoms with Crippen molar-refractivity contribution >= 4 is 17.4 Å². The molecule has 2 N–H and O–H groups in total. The van der Waals surface area contributed by atoms with Gasteiger partial charge in [0.05, 0.1) is 10.6 Å². The Kier molecular flexibility index (Phi) is 3.50. The van der Waals surface area contributed by atoms with Gasteiger partial charge >= 0.3 is 0 Å². The summed E-state index contributed by atoms with van der Waals surface area (Å²) in [6.07, 6.45) is 4.28. The Labute approximate surface area is 105 Å². The van der Waals surface area contributed by atoms with Crippen LogP contribution in [0.3, 0.4) is 0 Å². The van der Waals surface area contributed by atoms with E-state index >= 15 is 0 Å². The third-order valence-corrected chi connectivity index (χ3v) is 3.70. The molecule has 0 bridgehead atoms. The van der Waals surface area contributed by atoms with Crippen molar-refractivity contribution in [1.29, 1.82) is 0 Å². The number of Topliss-reactive ketones (excluding diaryl/α,β-unsaturated/α-hetero) is 1. The van der Waals surface area contributed by atoms with Crippen LogP contribution in [-0.2, 0) is 0 Å². The first-order valence-corrected chi connectivity index (χ1v) is 6.19. The molecule has 0 spiro atoms. The molecule has 2 rings (SSSR count). The van der Waals surface area contributed by atoms with Crippen molar-refractivity contribution in [1.82, 2.24) is 0 Å². The van der Waals surface area contributed by atoms with Gasteiger partial charge in [-0.1, -0.05) is 30.9 Å². The van der Waals surface area contributed by atoms with E-state index < -0.39 is 11.4 Å². The third kappa shape index (κ3) is 2.50. The van der Waals surface area contributed by atoms with Gasteiger partial charge in [0.25, 0.3) is 0 Å². The quantitative estimate of drug-likeness (QED) is 0.824. The van der Waals surface area contributed by atoms with Gasteiger partial charge in [-0.05, 0) is 31.0 Å². The Bertz CT molecular complexity index is 441. The number of carbonyl (C=O) groups is 1. The molecular formula is C13H15ClFNO. The summed E-state index contributed by atoms with van der Waals surface area (Å²) in [4.78, 5) is 12.3. The van der Waals surface area contributed by atoms with E-state index in [0.717, 1.165) is 19.3 Å². The molecule has 4 heteroatoms. The lowest BCUT2D eigenvalue weighted by Gasteiger charge is -2.32. The summed E-state index contributed by atoms with van der Waals surface area (Å²) in [6, 6.07) is 3.81. The number of benzene rings is 1. The van der Waals surface area contributed by atoms with Gasteiger partial charge in [-0.15, -0.1) is 0 Å². The topological polar surface area (TPSA) is 43.1 Å². The zero-order chi connectivity index (χ0) is 12.5. The number of halogens is 2. The van der Waals surface area contributed by atoms with E-state index in [4.69, 9.17) is 17.3 Å². The maximum atomic E-state index is 13.1. The van der Waals surface area contributed by atoms with Crippen LogP contribution in [0.25, 0.3) is 0 Å². The highest BCUT2D eigenvalue weighted by Gasteiger charge is 2.36. The molecule has 0 heterocycles. The lowest BCUT2D eigenvalue weighted by molar-refractivity contribution is 0.0847. The van der Waals surface area contributed by atoms with Crippen LogP contribution in [-0.4, -0.2) is 11.3 Å². The summed E-state index contributed by atoms with van der Waals surface area (Å²) in [5, 5.41) is 0.270. The fraction of sp³-hybridized carbons (Fsp3) is 0.462. The van der Waals surface area contributed by atoms with Gasteiger partial charge < -0.3 is 5.73 Å². The van der Waals surface area contributed by atoms with E-state index in [0.29, 0.717) is 12.8 Å². The molecule has 1 aromatic carbocycles. The van der Waals surface area contributed by atoms with Crippen LogP contribution in [0, 0.1) is 5.82 Å². The van der Waals surface area contributed by atoms with Gasteiger partial charge in [-0.2, -0.15) is 0 Å². The monoisotopic (exact) mass is 255 g/mol. The van der Waals surface area contributed by atoms with Crippen molar-refractivity contribution in [3.63, 3.8) is 0 Å². The normalized spacial score (nSPS) is 19.0. The summed E-state index contributed by atoms with van der Waals surface area (Å²) in [5.74, 6) is -0.696. The lowest BCUT2D eigenvalue weighted by Crippen LogP contribution is -2.49. The highest BCUT2D eigenvalue weighted by molar-refractivity contribution is 6.34. The van der Waals surface area contributed by atoms with Crippen LogP contribution in [0.15, 0.2) is 18.2 Å². The molecule has 1 aromatic rings. The number of hydrogen-bond acceptors (Lipinski definition) is 2. The molecule has 0 aromatic heterocycles. The summed E-state index contributed by atoms with van der Waals surface area (Å²) in [5.41, 5.74) is 5.46. The van der Waals surface area contributed by atoms with Gasteiger partial charge in [-0.25, -0.2) is 4.39 Å². The van der Waals surface area contributed by atoms with Gasteiger partial charge in [0.2, 0.25) is 0 Å². The molecule has 0 atom stereocenters. The molecule has 0 amide bonds. The minimum absolute atomic E-state index is 0.205. The first kappa shape index (κ1) is 12.5. The van der Waals surface area contributed by atoms with E-state index in [-0.39, 0.29) is 16.4 Å². The number of hydrogen-bond donors (Lipinski definition) is 1. The van der Waals surface area contributed by atoms with Crippen LogP contribution in [0.5, 0.6) is 0 Å². The Morgan fingerprint density at radius 3 is 2.59 bits per heavy atom. The minimum atomic E-state index is -0.865. The Morgan fingerprint density at radius 1 is 1.29 bits per heavy atom. The molecule has 1 fully saturated rings. The number of carbonyl (C=O) groups excluding carboxylic acids is 1. The highest BCUT2D eigenvalue weighted by Crippen LogP contribution is 2.31. The van der Waals surface area contributed by atoms with E-state index in [9.17, 15) is 9.18 Å². The van der Waals surface area contributed by atoms with Crippen molar-refractivity contribution in [3.05, 3.63) is 34.6 Å². The summed E-state index contributed by atoms with van der Waals surface area (Å²) >= 11 is 5.93. The van der Waals surface area contributed by atoms with E-state index in [2.05, 4.69) is 0 Å². The largest absolute Gasteiger partial charge is 0.319 e. The Morgan fingerprint density at radius 2 is 1.94 bits per heavy atom. The van der Waals surface area contributed by atoms with Gasteiger partial charge in [-0.3, -0.25) is 4.79 Å². The standard InChI is InChI=1S/C13H15ClFNO/c14-11-5-4-9(15)8-10(11)12(17)13(16)6-2-1-3-7-13/h4-5,8H,1-3,6-7,16H2. The molecular weight excluding hydrogens is 241 g/mol. The summed E-state index contributed by atoms with van der Waals surface area (Å²) in [6.45, 7) is 0. The minimum Gasteiger partial charge on any atom is -0.319 e. The van der Waals surface area contributed by atoms with Gasteiger partial charge in [0.15, 0.2) is 5.78 Å². The average Bonchev–Trinajstić information content (AvgIpc) is 2.32. The first-order chi connectivity index (χ1) is 8.03. The molecule has 1 aliphatic carbocycles. The van der Waals surface area contributed by atoms with Crippen LogP contribution >= 0.6 is 11.6 Å². The van der Waals surface area contributed by atoms with Crippen molar-refractivity contribution in [2.75, 3.05) is 0 Å². The first-order valence-electron chi connectivity index (χ1n) is 5.82. The maximum Gasteiger partial charge on any atom is 0.184 e. The van der Waals surface area contributed by atoms with Gasteiger partial charge in [0.1, 0.15) is 5.82 Å². The van der Waals surface area contributed by atoms with Crippen molar-refractivity contribution in [2.24, 2.45) is 5.73 Å². The van der Waals surface area contributed by atoms with E-state index in [1.54, 1.807) is 0 Å². The molecule has 0 unspecified atom stereocenters. The zero-order valence-electron chi connectivity index (χ0n) is 9.51. The second kappa shape index (κ2) is 4.75. The molecule has 1 saturated carbocycles. The highest BCUT2D eigenvalue weighted by atomic mass is 35.5. The van der Waals surface area contributed by atoms with Gasteiger partial charge in [0, 0.05) is 5.56 Å². The van der Waals surface area contributed by atoms with Crippen molar-refractivity contribution in [2.45, 2.75) is 37.6 Å². The Hall–Kier alpha value is -0.930. The van der Waals surface area contributed by atoms with E-state index in [1.165, 1.54) is 18.2 Å². The molecule has 0 aliphatic heterocycles. The molecule has 17 heavy (non-hydrogen) atoms. The fourth-order valence-corrected chi connectivity index (χ4v) is 2.55. The predicted octanol–water partition coefficient (Wildman–Crippen LogP) is 3.32. The van der Waals surface area contributed by atoms with Crippen LogP contribution < -0.4 is 5.73 Å². The van der Waals surface area contributed by atoms with Crippen LogP contribution in [0.2, 0.25) is 5.02 Å². The van der Waals surface area contributed by atoms with Crippen LogP contribution in [0.1, 0.15) is 42.5 Å². The van der Waals surface area contributed by atoms with E-state index in [1.807, 2.05) is 0 Å². The fourth-order valence-electron chi connectivity index (χ4n) is 2.35. The predicted molar refractivity (Wildman–Crippen MR) is 65.7 cm³/mol.